The van der Waals surface area contributed by atoms with Gasteiger partial charge in [-0.2, -0.15) is 0 Å². The highest BCUT2D eigenvalue weighted by Crippen LogP contribution is 2.41. The molecule has 0 spiro atoms. The number of rotatable bonds is 5. The first-order valence-corrected chi connectivity index (χ1v) is 10.4. The van der Waals surface area contributed by atoms with Crippen molar-refractivity contribution in [3.63, 3.8) is 0 Å². The Morgan fingerprint density at radius 2 is 1.82 bits per heavy atom. The second kappa shape index (κ2) is 8.13. The predicted octanol–water partition coefficient (Wildman–Crippen LogP) is 3.88. The van der Waals surface area contributed by atoms with E-state index in [4.69, 9.17) is 16.3 Å². The van der Waals surface area contributed by atoms with Gasteiger partial charge in [-0.25, -0.2) is 0 Å². The largest absolute Gasteiger partial charge is 0.394 e. The van der Waals surface area contributed by atoms with E-state index in [2.05, 4.69) is 12.1 Å². The van der Waals surface area contributed by atoms with E-state index >= 15 is 0 Å². The molecule has 3 atom stereocenters. The van der Waals surface area contributed by atoms with Gasteiger partial charge in [0.1, 0.15) is 0 Å². The van der Waals surface area contributed by atoms with E-state index in [0.717, 1.165) is 41.5 Å². The van der Waals surface area contributed by atoms with E-state index in [1.807, 2.05) is 30.3 Å². The Bertz CT molecular complexity index is 816. The number of aliphatic hydroxyl groups is 3. The number of benzene rings is 2. The maximum atomic E-state index is 10.5. The van der Waals surface area contributed by atoms with Crippen LogP contribution in [0.5, 0.6) is 0 Å². The van der Waals surface area contributed by atoms with Crippen LogP contribution >= 0.6 is 11.6 Å². The molecule has 1 heterocycles. The van der Waals surface area contributed by atoms with Crippen LogP contribution < -0.4 is 0 Å². The average Bonchev–Trinajstić information content (AvgIpc) is 2.68. The molecule has 2 aliphatic rings. The minimum Gasteiger partial charge on any atom is -0.394 e. The van der Waals surface area contributed by atoms with Crippen molar-refractivity contribution in [2.45, 2.75) is 62.4 Å². The van der Waals surface area contributed by atoms with Gasteiger partial charge in [-0.05, 0) is 54.0 Å². The molecule has 0 radical (unpaired) electrons. The molecule has 2 aromatic rings. The van der Waals surface area contributed by atoms with Crippen LogP contribution in [0.25, 0.3) is 0 Å². The number of aliphatic hydroxyl groups excluding tert-OH is 2. The van der Waals surface area contributed by atoms with Crippen molar-refractivity contribution in [3.8, 4) is 0 Å². The van der Waals surface area contributed by atoms with Gasteiger partial charge < -0.3 is 20.1 Å². The Balaban J connectivity index is 1.51. The molecule has 28 heavy (non-hydrogen) atoms. The van der Waals surface area contributed by atoms with E-state index in [1.54, 1.807) is 0 Å². The summed E-state index contributed by atoms with van der Waals surface area (Å²) >= 11 is 6.43. The third-order valence-corrected chi connectivity index (χ3v) is 6.46. The normalized spacial score (nSPS) is 26.6. The minimum absolute atomic E-state index is 0.0906. The highest BCUT2D eigenvalue weighted by Gasteiger charge is 2.36. The van der Waals surface area contributed by atoms with Gasteiger partial charge in [0, 0.05) is 17.9 Å². The molecule has 0 aromatic heterocycles. The van der Waals surface area contributed by atoms with Gasteiger partial charge >= 0.3 is 0 Å². The summed E-state index contributed by atoms with van der Waals surface area (Å²) in [5.74, 6) is 0. The van der Waals surface area contributed by atoms with Gasteiger partial charge in [-0.15, -0.1) is 0 Å². The van der Waals surface area contributed by atoms with Crippen LogP contribution in [-0.2, 0) is 16.8 Å². The van der Waals surface area contributed by atoms with Crippen LogP contribution in [0.4, 0.5) is 0 Å². The number of ether oxygens (including phenoxy) is 1. The SMILES string of the molecule is OC[C@@H]1CC(O)C[C@H](c2ccc(Cl)c(Cc3ccc(C4(O)CCC4)cc3)c2)O1. The lowest BCUT2D eigenvalue weighted by Gasteiger charge is -2.37. The molecular formula is C23H27ClO4. The first-order valence-electron chi connectivity index (χ1n) is 10.0. The Kier molecular flexibility index (Phi) is 5.77. The summed E-state index contributed by atoms with van der Waals surface area (Å²) in [4.78, 5) is 0. The van der Waals surface area contributed by atoms with Gasteiger partial charge in [0.05, 0.1) is 30.5 Å². The lowest BCUT2D eigenvalue weighted by molar-refractivity contribution is -0.113. The van der Waals surface area contributed by atoms with Gasteiger partial charge in [0.2, 0.25) is 0 Å². The van der Waals surface area contributed by atoms with E-state index in [-0.39, 0.29) is 18.8 Å². The first-order chi connectivity index (χ1) is 13.5. The van der Waals surface area contributed by atoms with Crippen molar-refractivity contribution in [2.24, 2.45) is 0 Å². The van der Waals surface area contributed by atoms with Crippen molar-refractivity contribution in [2.75, 3.05) is 6.61 Å². The molecule has 1 saturated carbocycles. The molecule has 1 aliphatic heterocycles. The third-order valence-electron chi connectivity index (χ3n) is 6.09. The highest BCUT2D eigenvalue weighted by atomic mass is 35.5. The Morgan fingerprint density at radius 1 is 1.07 bits per heavy atom. The zero-order valence-corrected chi connectivity index (χ0v) is 16.6. The lowest BCUT2D eigenvalue weighted by atomic mass is 9.75. The van der Waals surface area contributed by atoms with E-state index in [0.29, 0.717) is 24.3 Å². The van der Waals surface area contributed by atoms with Crippen molar-refractivity contribution in [3.05, 3.63) is 69.7 Å². The number of hydrogen-bond donors (Lipinski definition) is 3. The lowest BCUT2D eigenvalue weighted by Crippen LogP contribution is -2.33. The fourth-order valence-electron chi connectivity index (χ4n) is 4.21. The molecule has 5 heteroatoms. The molecule has 0 amide bonds. The summed E-state index contributed by atoms with van der Waals surface area (Å²) in [6, 6.07) is 14.0. The van der Waals surface area contributed by atoms with E-state index in [9.17, 15) is 15.3 Å². The van der Waals surface area contributed by atoms with Gasteiger partial charge in [0.15, 0.2) is 0 Å². The van der Waals surface area contributed by atoms with Crippen molar-refractivity contribution in [1.29, 1.82) is 0 Å². The maximum absolute atomic E-state index is 10.5. The summed E-state index contributed by atoms with van der Waals surface area (Å²) in [6.07, 6.45) is 3.37. The Hall–Kier alpha value is -1.43. The number of hydrogen-bond acceptors (Lipinski definition) is 4. The fourth-order valence-corrected chi connectivity index (χ4v) is 4.39. The molecule has 150 valence electrons. The fraction of sp³-hybridized carbons (Fsp3) is 0.478. The second-order valence-electron chi connectivity index (χ2n) is 8.16. The molecule has 3 N–H and O–H groups in total. The third kappa shape index (κ3) is 4.12. The van der Waals surface area contributed by atoms with Crippen LogP contribution in [0, 0.1) is 0 Å². The molecular weight excluding hydrogens is 376 g/mol. The topological polar surface area (TPSA) is 69.9 Å². The molecule has 2 fully saturated rings. The van der Waals surface area contributed by atoms with Gasteiger partial charge in [-0.3, -0.25) is 0 Å². The zero-order chi connectivity index (χ0) is 19.7. The molecule has 1 unspecified atom stereocenters. The molecule has 2 aromatic carbocycles. The average molecular weight is 403 g/mol. The summed E-state index contributed by atoms with van der Waals surface area (Å²) in [7, 11) is 0. The van der Waals surface area contributed by atoms with Crippen molar-refractivity contribution in [1.82, 2.24) is 0 Å². The number of halogens is 1. The van der Waals surface area contributed by atoms with Crippen LogP contribution in [0.3, 0.4) is 0 Å². The Morgan fingerprint density at radius 3 is 2.46 bits per heavy atom. The minimum atomic E-state index is -0.640. The smallest absolute Gasteiger partial charge is 0.0896 e. The zero-order valence-electron chi connectivity index (χ0n) is 15.9. The molecule has 4 nitrogen and oxygen atoms in total. The molecule has 0 bridgehead atoms. The monoisotopic (exact) mass is 402 g/mol. The highest BCUT2D eigenvalue weighted by molar-refractivity contribution is 6.31. The molecule has 1 saturated heterocycles. The van der Waals surface area contributed by atoms with E-state index < -0.39 is 11.7 Å². The molecule has 1 aliphatic carbocycles. The van der Waals surface area contributed by atoms with Crippen molar-refractivity contribution >= 4 is 11.6 Å². The quantitative estimate of drug-likeness (QED) is 0.710. The summed E-state index contributed by atoms with van der Waals surface area (Å²) in [6.45, 7) is -0.0906. The first kappa shape index (κ1) is 19.9. The summed E-state index contributed by atoms with van der Waals surface area (Å²) in [5, 5.41) is 30.6. The standard InChI is InChI=1S/C23H27ClO4/c24-21-7-4-16(22-13-19(26)12-20(14-25)28-22)11-17(21)10-15-2-5-18(6-3-15)23(27)8-1-9-23/h2-7,11,19-20,22,25-27H,1,8-10,12-14H2/t19?,20-,22+/m0/s1. The Labute approximate surface area is 170 Å². The van der Waals surface area contributed by atoms with Crippen molar-refractivity contribution < 1.29 is 20.1 Å². The predicted molar refractivity (Wildman–Crippen MR) is 108 cm³/mol. The molecule has 4 rings (SSSR count). The summed E-state index contributed by atoms with van der Waals surface area (Å²) < 4.78 is 5.93. The van der Waals surface area contributed by atoms with Crippen LogP contribution in [0.15, 0.2) is 42.5 Å². The van der Waals surface area contributed by atoms with Crippen LogP contribution in [0.2, 0.25) is 5.02 Å². The van der Waals surface area contributed by atoms with Gasteiger partial charge in [-0.1, -0.05) is 48.0 Å². The second-order valence-corrected chi connectivity index (χ2v) is 8.57. The van der Waals surface area contributed by atoms with Gasteiger partial charge in [0.25, 0.3) is 0 Å². The van der Waals surface area contributed by atoms with Crippen LogP contribution in [0.1, 0.15) is 60.5 Å². The van der Waals surface area contributed by atoms with E-state index in [1.165, 1.54) is 0 Å². The summed E-state index contributed by atoms with van der Waals surface area (Å²) in [5.41, 5.74) is 3.44. The van der Waals surface area contributed by atoms with Crippen LogP contribution in [-0.4, -0.2) is 34.1 Å². The maximum Gasteiger partial charge on any atom is 0.0896 e.